The van der Waals surface area contributed by atoms with Crippen LogP contribution in [0.1, 0.15) is 46.3 Å². The summed E-state index contributed by atoms with van der Waals surface area (Å²) in [4.78, 5) is 29.6. The van der Waals surface area contributed by atoms with Crippen molar-refractivity contribution in [2.45, 2.75) is 26.2 Å². The van der Waals surface area contributed by atoms with E-state index in [0.717, 1.165) is 34.2 Å². The Kier molecular flexibility index (Phi) is 5.77. The molecule has 1 aliphatic rings. The Labute approximate surface area is 185 Å². The lowest BCUT2D eigenvalue weighted by Gasteiger charge is -2.15. The number of rotatable bonds is 6. The summed E-state index contributed by atoms with van der Waals surface area (Å²) in [6.45, 7) is 4.52. The van der Waals surface area contributed by atoms with E-state index in [0.29, 0.717) is 16.8 Å². The number of hydrogen-bond acceptors (Lipinski definition) is 6. The molecule has 1 amide bonds. The van der Waals surface area contributed by atoms with Gasteiger partial charge in [-0.15, -0.1) is 4.73 Å². The topological polar surface area (TPSA) is 110 Å². The van der Waals surface area contributed by atoms with Crippen LogP contribution in [0.5, 0.6) is 11.8 Å². The van der Waals surface area contributed by atoms with Crippen LogP contribution in [0.25, 0.3) is 11.1 Å². The maximum Gasteiger partial charge on any atom is 0.534 e. The maximum atomic E-state index is 12.5. The predicted octanol–water partition coefficient (Wildman–Crippen LogP) is 3.73. The van der Waals surface area contributed by atoms with E-state index in [9.17, 15) is 19.8 Å². The van der Waals surface area contributed by atoms with Crippen LogP contribution in [0.4, 0.5) is 4.79 Å². The van der Waals surface area contributed by atoms with Crippen molar-refractivity contribution < 1.29 is 29.4 Å². The number of hydrogen-bond donors (Lipinski definition) is 3. The first-order valence-electron chi connectivity index (χ1n) is 10.4. The molecule has 8 heteroatoms. The fourth-order valence-corrected chi connectivity index (χ4v) is 3.89. The molecule has 0 fully saturated rings. The number of ether oxygens (including phenoxy) is 1. The maximum absolute atomic E-state index is 12.5. The number of nitrogens with zero attached hydrogens (tertiary/aromatic N) is 1. The highest BCUT2D eigenvalue weighted by Gasteiger charge is 2.31. The number of aromatic nitrogens is 1. The number of benzene rings is 2. The molecule has 1 aliphatic carbocycles. The van der Waals surface area contributed by atoms with Crippen molar-refractivity contribution in [2.24, 2.45) is 0 Å². The number of carbonyl (C=O) groups excluding carboxylic acids is 2. The Morgan fingerprint density at radius 3 is 2.34 bits per heavy atom. The average Bonchev–Trinajstić information content (AvgIpc) is 3.26. The number of amides is 1. The van der Waals surface area contributed by atoms with Crippen LogP contribution < -0.4 is 10.2 Å². The zero-order valence-electron chi connectivity index (χ0n) is 17.8. The van der Waals surface area contributed by atoms with Crippen LogP contribution in [0, 0.1) is 6.92 Å². The zero-order valence-corrected chi connectivity index (χ0v) is 17.8. The summed E-state index contributed by atoms with van der Waals surface area (Å²) in [5.74, 6) is -1.32. The second-order valence-corrected chi connectivity index (χ2v) is 7.70. The molecule has 0 saturated carbocycles. The minimum absolute atomic E-state index is 0.0366. The summed E-state index contributed by atoms with van der Waals surface area (Å²) in [5.41, 5.74) is 5.48. The van der Waals surface area contributed by atoms with Crippen molar-refractivity contribution in [3.63, 3.8) is 0 Å². The Morgan fingerprint density at radius 1 is 1.00 bits per heavy atom. The third-order valence-corrected chi connectivity index (χ3v) is 5.43. The first kappa shape index (κ1) is 21.3. The molecule has 4 rings (SSSR count). The quantitative estimate of drug-likeness (QED) is 0.508. The lowest BCUT2D eigenvalue weighted by atomic mass is 9.95. The van der Waals surface area contributed by atoms with E-state index < -0.39 is 17.9 Å². The lowest BCUT2D eigenvalue weighted by Crippen LogP contribution is -2.24. The highest BCUT2D eigenvalue weighted by Crippen LogP contribution is 2.45. The van der Waals surface area contributed by atoms with E-state index in [1.54, 1.807) is 6.07 Å². The second kappa shape index (κ2) is 8.66. The number of fused-ring (bicyclic) bond motifs is 3. The average molecular weight is 436 g/mol. The molecule has 1 atom stereocenters. The van der Waals surface area contributed by atoms with Crippen molar-refractivity contribution in [1.29, 1.82) is 0 Å². The normalized spacial score (nSPS) is 13.9. The monoisotopic (exact) mass is 436 g/mol. The van der Waals surface area contributed by atoms with E-state index in [4.69, 9.17) is 9.57 Å². The minimum Gasteiger partial charge on any atom is -0.492 e. The van der Waals surface area contributed by atoms with Gasteiger partial charge in [-0.25, -0.2) is 4.79 Å². The van der Waals surface area contributed by atoms with Gasteiger partial charge in [0.15, 0.2) is 0 Å². The summed E-state index contributed by atoms with van der Waals surface area (Å²) in [6, 6.07) is 14.0. The molecule has 8 nitrogen and oxygen atoms in total. The standard InChI is InChI=1S/C24H24N2O6/c1-3-10-25-23(29)15-5-7-17-16-6-4-14(2)11-18(16)20(19(17)12-15)13-31-24(30)32-26-21(27)8-9-22(26)28/h4-9,11-12,20,27-28H,3,10,13H2,1-2H3,(H,25,29). The summed E-state index contributed by atoms with van der Waals surface area (Å²) < 4.78 is 5.89. The van der Waals surface area contributed by atoms with Crippen molar-refractivity contribution in [2.75, 3.05) is 13.2 Å². The van der Waals surface area contributed by atoms with Crippen LogP contribution >= 0.6 is 0 Å². The Bertz CT molecular complexity index is 1160. The van der Waals surface area contributed by atoms with Gasteiger partial charge in [0.05, 0.1) is 0 Å². The third kappa shape index (κ3) is 3.99. The highest BCUT2D eigenvalue weighted by atomic mass is 16.8. The Balaban J connectivity index is 1.59. The van der Waals surface area contributed by atoms with E-state index in [1.165, 1.54) is 12.1 Å². The van der Waals surface area contributed by atoms with Gasteiger partial charge in [-0.1, -0.05) is 36.8 Å². The molecule has 0 bridgehead atoms. The highest BCUT2D eigenvalue weighted by molar-refractivity contribution is 5.96. The van der Waals surface area contributed by atoms with E-state index in [2.05, 4.69) is 5.32 Å². The van der Waals surface area contributed by atoms with Crippen molar-refractivity contribution in [3.05, 3.63) is 70.8 Å². The van der Waals surface area contributed by atoms with Gasteiger partial charge in [0.2, 0.25) is 11.8 Å². The molecule has 1 heterocycles. The van der Waals surface area contributed by atoms with Crippen molar-refractivity contribution >= 4 is 12.1 Å². The summed E-state index contributed by atoms with van der Waals surface area (Å²) in [5, 5.41) is 22.1. The van der Waals surface area contributed by atoms with Gasteiger partial charge in [-0.2, -0.15) is 0 Å². The lowest BCUT2D eigenvalue weighted by molar-refractivity contribution is 0.0340. The molecule has 32 heavy (non-hydrogen) atoms. The smallest absolute Gasteiger partial charge is 0.492 e. The summed E-state index contributed by atoms with van der Waals surface area (Å²) in [6.07, 6.45) is -0.238. The number of nitrogens with one attached hydrogen (secondary N) is 1. The molecule has 0 radical (unpaired) electrons. The minimum atomic E-state index is -1.08. The molecule has 0 spiro atoms. The van der Waals surface area contributed by atoms with Crippen molar-refractivity contribution in [3.8, 4) is 22.9 Å². The van der Waals surface area contributed by atoms with Gasteiger partial charge >= 0.3 is 6.16 Å². The van der Waals surface area contributed by atoms with E-state index >= 15 is 0 Å². The molecule has 2 aromatic carbocycles. The van der Waals surface area contributed by atoms with E-state index in [-0.39, 0.29) is 18.4 Å². The van der Waals surface area contributed by atoms with E-state index in [1.807, 2.05) is 44.2 Å². The van der Waals surface area contributed by atoms with Crippen LogP contribution in [-0.4, -0.2) is 40.2 Å². The van der Waals surface area contributed by atoms with Gasteiger partial charge in [-0.3, -0.25) is 9.63 Å². The first-order chi connectivity index (χ1) is 15.4. The molecular formula is C24H24N2O6. The molecule has 0 saturated heterocycles. The largest absolute Gasteiger partial charge is 0.534 e. The Hall–Kier alpha value is -3.94. The first-order valence-corrected chi connectivity index (χ1v) is 10.4. The number of carbonyl (C=O) groups is 2. The number of aryl methyl sites for hydroxylation is 1. The van der Waals surface area contributed by atoms with Crippen LogP contribution in [0.3, 0.4) is 0 Å². The third-order valence-electron chi connectivity index (χ3n) is 5.43. The van der Waals surface area contributed by atoms with Crippen LogP contribution in [0.2, 0.25) is 0 Å². The summed E-state index contributed by atoms with van der Waals surface area (Å²) in [7, 11) is 0. The second-order valence-electron chi connectivity index (χ2n) is 7.70. The summed E-state index contributed by atoms with van der Waals surface area (Å²) >= 11 is 0. The van der Waals surface area contributed by atoms with Gasteiger partial charge in [0, 0.05) is 30.2 Å². The molecule has 166 valence electrons. The van der Waals surface area contributed by atoms with Gasteiger partial charge < -0.3 is 20.3 Å². The van der Waals surface area contributed by atoms with Gasteiger partial charge in [0.25, 0.3) is 5.91 Å². The van der Waals surface area contributed by atoms with Crippen LogP contribution in [0.15, 0.2) is 48.5 Å². The molecule has 3 N–H and O–H groups in total. The fraction of sp³-hybridized carbons (Fsp3) is 0.250. The Morgan fingerprint density at radius 2 is 1.66 bits per heavy atom. The molecular weight excluding hydrogens is 412 g/mol. The SMILES string of the molecule is CCCNC(=O)c1ccc2c(c1)C(COC(=O)On1c(O)ccc1O)c1cc(C)ccc1-2. The molecule has 3 aromatic rings. The van der Waals surface area contributed by atoms with Gasteiger partial charge in [-0.05, 0) is 47.7 Å². The number of aromatic hydroxyl groups is 2. The molecule has 1 unspecified atom stereocenters. The molecule has 1 aromatic heterocycles. The van der Waals surface area contributed by atoms with Crippen LogP contribution in [-0.2, 0) is 4.74 Å². The fourth-order valence-electron chi connectivity index (χ4n) is 3.89. The van der Waals surface area contributed by atoms with Gasteiger partial charge in [0.1, 0.15) is 6.61 Å². The van der Waals surface area contributed by atoms with Crippen molar-refractivity contribution in [1.82, 2.24) is 10.0 Å². The molecule has 0 aliphatic heterocycles. The predicted molar refractivity (Wildman–Crippen MR) is 117 cm³/mol. The zero-order chi connectivity index (χ0) is 22.8.